The van der Waals surface area contributed by atoms with Gasteiger partial charge in [0.2, 0.25) is 0 Å². The molecule has 0 fully saturated rings. The molecule has 11 nitrogen and oxygen atoms in total. The summed E-state index contributed by atoms with van der Waals surface area (Å²) in [5, 5.41) is 17.7. The predicted molar refractivity (Wildman–Crippen MR) is 280 cm³/mol. The Morgan fingerprint density at radius 1 is 0.209 bits per heavy atom. The number of ether oxygens (including phenoxy) is 8. The summed E-state index contributed by atoms with van der Waals surface area (Å²) in [7, 11) is 0. The SMILES string of the molecule is CCCCCCCCCCCCCCCCCC[N+](CCCCCCCCCCCCCCCCCC)(CCOCCOCCOCCOCCO)CCOCCOCCOCCOCCO. The largest absolute Gasteiger partial charge is 0.394 e. The molecule has 0 aromatic heterocycles. The summed E-state index contributed by atoms with van der Waals surface area (Å²) in [6, 6.07) is 0. The Morgan fingerprint density at radius 3 is 0.597 bits per heavy atom. The van der Waals surface area contributed by atoms with E-state index in [-0.39, 0.29) is 13.2 Å². The van der Waals surface area contributed by atoms with Gasteiger partial charge in [-0.3, -0.25) is 0 Å². The van der Waals surface area contributed by atoms with Gasteiger partial charge in [-0.25, -0.2) is 0 Å². The molecule has 0 aliphatic heterocycles. The summed E-state index contributed by atoms with van der Waals surface area (Å²) in [6.45, 7) is 17.6. The lowest BCUT2D eigenvalue weighted by atomic mass is 10.0. The molecule has 0 spiro atoms. The first-order chi connectivity index (χ1) is 33.2. The fraction of sp³-hybridized carbons (Fsp3) is 1.00. The zero-order chi connectivity index (χ0) is 48.3. The molecule has 0 aromatic rings. The molecular formula is C56H116NO10+. The van der Waals surface area contributed by atoms with Gasteiger partial charge >= 0.3 is 0 Å². The molecule has 0 rings (SSSR count). The molecule has 0 heterocycles. The van der Waals surface area contributed by atoms with Crippen molar-refractivity contribution in [3.05, 3.63) is 0 Å². The maximum Gasteiger partial charge on any atom is 0.102 e. The molecule has 0 bridgehead atoms. The average molecular weight is 964 g/mol. The van der Waals surface area contributed by atoms with Crippen LogP contribution in [0.3, 0.4) is 0 Å². The van der Waals surface area contributed by atoms with Crippen molar-refractivity contribution < 1.29 is 52.6 Å². The molecule has 0 saturated heterocycles. The molecular weight excluding hydrogens is 847 g/mol. The quantitative estimate of drug-likeness (QED) is 0.0451. The van der Waals surface area contributed by atoms with Crippen molar-refractivity contribution in [2.45, 2.75) is 219 Å². The fourth-order valence-electron chi connectivity index (χ4n) is 8.83. The van der Waals surface area contributed by atoms with Gasteiger partial charge < -0.3 is 52.6 Å². The summed E-state index contributed by atoms with van der Waals surface area (Å²) in [6.07, 6.45) is 44.5. The number of rotatable bonds is 62. The van der Waals surface area contributed by atoms with Gasteiger partial charge in [-0.15, -0.1) is 0 Å². The van der Waals surface area contributed by atoms with Gasteiger partial charge in [-0.1, -0.05) is 194 Å². The van der Waals surface area contributed by atoms with Crippen LogP contribution >= 0.6 is 0 Å². The minimum atomic E-state index is 0.0358. The van der Waals surface area contributed by atoms with Gasteiger partial charge in [0.25, 0.3) is 0 Å². The molecule has 0 saturated carbocycles. The van der Waals surface area contributed by atoms with Crippen molar-refractivity contribution in [3.63, 3.8) is 0 Å². The molecule has 0 radical (unpaired) electrons. The van der Waals surface area contributed by atoms with Crippen LogP contribution in [-0.4, -0.2) is 160 Å². The van der Waals surface area contributed by atoms with Gasteiger partial charge in [0.05, 0.1) is 132 Å². The molecule has 2 N–H and O–H groups in total. The number of unbranched alkanes of at least 4 members (excludes halogenated alkanes) is 30. The molecule has 67 heavy (non-hydrogen) atoms. The van der Waals surface area contributed by atoms with Crippen LogP contribution in [0, 0.1) is 0 Å². The Morgan fingerprint density at radius 2 is 0.388 bits per heavy atom. The molecule has 0 aliphatic rings. The Hall–Kier alpha value is -0.440. The second-order valence-corrected chi connectivity index (χ2v) is 19.2. The summed E-state index contributed by atoms with van der Waals surface area (Å²) in [5.74, 6) is 0. The van der Waals surface area contributed by atoms with Crippen LogP contribution in [0.25, 0.3) is 0 Å². The maximum atomic E-state index is 8.83. The summed E-state index contributed by atoms with van der Waals surface area (Å²) in [4.78, 5) is 0. The van der Waals surface area contributed by atoms with E-state index in [0.717, 1.165) is 30.8 Å². The highest BCUT2D eigenvalue weighted by molar-refractivity contribution is 4.55. The topological polar surface area (TPSA) is 114 Å². The zero-order valence-electron chi connectivity index (χ0n) is 44.8. The van der Waals surface area contributed by atoms with Crippen LogP contribution in [0.1, 0.15) is 219 Å². The Kier molecular flexibility index (Phi) is 59.5. The van der Waals surface area contributed by atoms with Gasteiger partial charge in [0, 0.05) is 0 Å². The van der Waals surface area contributed by atoms with E-state index in [1.165, 1.54) is 219 Å². The Bertz CT molecular complexity index is 806. The van der Waals surface area contributed by atoms with Crippen molar-refractivity contribution >= 4 is 0 Å². The number of nitrogens with zero attached hydrogens (tertiary/aromatic N) is 1. The lowest BCUT2D eigenvalue weighted by molar-refractivity contribution is -0.929. The van der Waals surface area contributed by atoms with Crippen LogP contribution < -0.4 is 0 Å². The van der Waals surface area contributed by atoms with Crippen LogP contribution in [0.4, 0.5) is 0 Å². The number of aliphatic hydroxyl groups is 2. The number of aliphatic hydroxyl groups excluding tert-OH is 2. The van der Waals surface area contributed by atoms with Crippen LogP contribution in [-0.2, 0) is 37.9 Å². The highest BCUT2D eigenvalue weighted by Gasteiger charge is 2.26. The zero-order valence-corrected chi connectivity index (χ0v) is 44.8. The maximum absolute atomic E-state index is 8.83. The Balaban J connectivity index is 4.92. The fourth-order valence-corrected chi connectivity index (χ4v) is 8.83. The normalized spacial score (nSPS) is 12.0. The second kappa shape index (κ2) is 59.9. The first-order valence-electron chi connectivity index (χ1n) is 28.9. The van der Waals surface area contributed by atoms with Crippen molar-refractivity contribution in [1.29, 1.82) is 0 Å². The average Bonchev–Trinajstić information content (AvgIpc) is 3.34. The van der Waals surface area contributed by atoms with Gasteiger partial charge in [-0.2, -0.15) is 0 Å². The number of hydrogen-bond acceptors (Lipinski definition) is 10. The van der Waals surface area contributed by atoms with E-state index in [9.17, 15) is 0 Å². The van der Waals surface area contributed by atoms with Gasteiger partial charge in [0.15, 0.2) is 0 Å². The summed E-state index contributed by atoms with van der Waals surface area (Å²) in [5.41, 5.74) is 0. The van der Waals surface area contributed by atoms with Crippen LogP contribution in [0.15, 0.2) is 0 Å². The lowest BCUT2D eigenvalue weighted by Gasteiger charge is -2.39. The third-order valence-electron chi connectivity index (χ3n) is 13.1. The monoisotopic (exact) mass is 963 g/mol. The van der Waals surface area contributed by atoms with Crippen molar-refractivity contribution in [3.8, 4) is 0 Å². The van der Waals surface area contributed by atoms with Gasteiger partial charge in [0.1, 0.15) is 13.1 Å². The van der Waals surface area contributed by atoms with Crippen molar-refractivity contribution in [2.24, 2.45) is 0 Å². The van der Waals surface area contributed by atoms with Crippen molar-refractivity contribution in [2.75, 3.05) is 145 Å². The Labute approximate surface area is 415 Å². The van der Waals surface area contributed by atoms with E-state index in [1.807, 2.05) is 0 Å². The minimum absolute atomic E-state index is 0.0358. The van der Waals surface area contributed by atoms with E-state index in [0.29, 0.717) is 92.5 Å². The van der Waals surface area contributed by atoms with E-state index >= 15 is 0 Å². The number of hydrogen-bond donors (Lipinski definition) is 2. The second-order valence-electron chi connectivity index (χ2n) is 19.2. The third kappa shape index (κ3) is 54.7. The van der Waals surface area contributed by atoms with Crippen LogP contribution in [0.2, 0.25) is 0 Å². The molecule has 0 atom stereocenters. The molecule has 404 valence electrons. The summed E-state index contributed by atoms with van der Waals surface area (Å²) >= 11 is 0. The molecule has 0 unspecified atom stereocenters. The molecule has 0 aliphatic carbocycles. The van der Waals surface area contributed by atoms with Crippen LogP contribution in [0.5, 0.6) is 0 Å². The smallest absolute Gasteiger partial charge is 0.102 e. The minimum Gasteiger partial charge on any atom is -0.394 e. The first-order valence-corrected chi connectivity index (χ1v) is 28.9. The first kappa shape index (κ1) is 66.6. The highest BCUT2D eigenvalue weighted by Crippen LogP contribution is 2.19. The molecule has 0 amide bonds. The molecule has 11 heteroatoms. The number of quaternary nitrogens is 1. The predicted octanol–water partition coefficient (Wildman–Crippen LogP) is 12.4. The van der Waals surface area contributed by atoms with E-state index in [4.69, 9.17) is 48.1 Å². The standard InChI is InChI=1S/C56H116NO10/c1-3-5-7-9-11-13-15-17-19-21-23-25-27-29-31-33-35-57(37-41-60-45-49-64-53-55-66-51-47-62-43-39-58,38-42-61-46-50-65-54-56-67-52-48-63-44-40-59)36-34-32-30-28-26-24-22-20-18-16-14-12-10-8-6-4-2/h58-59H,3-56H2,1-2H3/q+1. The van der Waals surface area contributed by atoms with Crippen molar-refractivity contribution in [1.82, 2.24) is 0 Å². The van der Waals surface area contributed by atoms with E-state index in [1.54, 1.807) is 0 Å². The van der Waals surface area contributed by atoms with E-state index < -0.39 is 0 Å². The lowest BCUT2D eigenvalue weighted by Crippen LogP contribution is -2.53. The third-order valence-corrected chi connectivity index (χ3v) is 13.1. The van der Waals surface area contributed by atoms with E-state index in [2.05, 4.69) is 13.8 Å². The highest BCUT2D eigenvalue weighted by atomic mass is 16.6. The van der Waals surface area contributed by atoms with Gasteiger partial charge in [-0.05, 0) is 25.7 Å². The summed E-state index contributed by atoms with van der Waals surface area (Å²) < 4.78 is 46.7. The molecule has 0 aromatic carbocycles.